The summed E-state index contributed by atoms with van der Waals surface area (Å²) in [6.45, 7) is 8.83. The highest BCUT2D eigenvalue weighted by Crippen LogP contribution is 1.74. The van der Waals surface area contributed by atoms with Crippen LogP contribution in [-0.2, 0) is 14.6 Å². The van der Waals surface area contributed by atoms with Crippen LogP contribution >= 0.6 is 0 Å². The predicted molar refractivity (Wildman–Crippen MR) is 48.9 cm³/mol. The molecule has 0 bridgehead atoms. The van der Waals surface area contributed by atoms with Crippen LogP contribution in [0.5, 0.6) is 0 Å². The van der Waals surface area contributed by atoms with Gasteiger partial charge in [-0.15, -0.1) is 0 Å². The van der Waals surface area contributed by atoms with Crippen molar-refractivity contribution in [2.24, 2.45) is 0 Å². The van der Waals surface area contributed by atoms with Gasteiger partial charge >= 0.3 is 0 Å². The van der Waals surface area contributed by atoms with Crippen molar-refractivity contribution in [1.29, 1.82) is 0 Å². The van der Waals surface area contributed by atoms with Gasteiger partial charge in [-0.25, -0.2) is 8.42 Å². The van der Waals surface area contributed by atoms with Crippen molar-refractivity contribution in [3.05, 3.63) is 0 Å². The molecule has 0 aromatic carbocycles. The molecule has 0 aromatic rings. The van der Waals surface area contributed by atoms with Crippen molar-refractivity contribution in [2.75, 3.05) is 7.11 Å². The molecule has 0 rings (SSSR count). The summed E-state index contributed by atoms with van der Waals surface area (Å²) in [5, 5.41) is 2.33. The number of rotatable bonds is 3. The van der Waals surface area contributed by atoms with Crippen LogP contribution in [0.15, 0.2) is 0 Å². The minimum absolute atomic E-state index is 0.750. The average molecular weight is 213 g/mol. The van der Waals surface area contributed by atoms with Crippen LogP contribution in [0.25, 0.3) is 0 Å². The fourth-order valence-corrected chi connectivity index (χ4v) is 0.770. The summed E-state index contributed by atoms with van der Waals surface area (Å²) in [5.41, 5.74) is 0. The Balaban J connectivity index is 0. The Morgan fingerprint density at radius 2 is 1.38 bits per heavy atom. The maximum absolute atomic E-state index is 9.22. The highest BCUT2D eigenvalue weighted by Gasteiger charge is 1.97. The molecule has 0 amide bonds. The summed E-state index contributed by atoms with van der Waals surface area (Å²) < 4.78 is 31.0. The van der Waals surface area contributed by atoms with Gasteiger partial charge in [0.2, 0.25) is 10.4 Å². The number of nitrogens with two attached hydrogens (primary N) is 1. The van der Waals surface area contributed by atoms with Crippen molar-refractivity contribution < 1.29 is 22.5 Å². The molecule has 0 heterocycles. The van der Waals surface area contributed by atoms with E-state index >= 15 is 0 Å². The molecule has 2 N–H and O–H groups in total. The molecule has 0 fully saturated rings. The summed E-state index contributed by atoms with van der Waals surface area (Å²) >= 11 is 0. The summed E-state index contributed by atoms with van der Waals surface area (Å²) in [7, 11) is -3.60. The van der Waals surface area contributed by atoms with Crippen molar-refractivity contribution in [3.63, 3.8) is 0 Å². The van der Waals surface area contributed by atoms with Gasteiger partial charge in [-0.1, -0.05) is 0 Å². The van der Waals surface area contributed by atoms with Gasteiger partial charge in [0.25, 0.3) is 0 Å². The lowest BCUT2D eigenvalue weighted by Gasteiger charge is -2.06. The standard InChI is InChI=1S/C6H15N.CH4O4S/c1-5(2)7-6(3)4;1-5-6(2,3)4/h5-7H,1-4H3;1H3,(H,2,3,4). The Morgan fingerprint density at radius 3 is 1.38 bits per heavy atom. The van der Waals surface area contributed by atoms with E-state index in [1.807, 2.05) is 0 Å². The molecule has 0 aliphatic heterocycles. The third-order valence-corrected chi connectivity index (χ3v) is 1.38. The van der Waals surface area contributed by atoms with Gasteiger partial charge in [0, 0.05) is 0 Å². The van der Waals surface area contributed by atoms with Crippen LogP contribution in [0.2, 0.25) is 0 Å². The van der Waals surface area contributed by atoms with E-state index in [0.717, 1.165) is 19.2 Å². The quantitative estimate of drug-likeness (QED) is 0.504. The summed E-state index contributed by atoms with van der Waals surface area (Å²) in [4.78, 5) is 0. The Kier molecular flexibility index (Phi) is 8.54. The molecule has 0 radical (unpaired) electrons. The van der Waals surface area contributed by atoms with Gasteiger partial charge in [-0.2, -0.15) is 0 Å². The second kappa shape index (κ2) is 7.25. The SMILES string of the molecule is CC(C)[NH2+]C(C)C.COS(=O)(=O)[O-]. The lowest BCUT2D eigenvalue weighted by atomic mass is 10.3. The van der Waals surface area contributed by atoms with Crippen LogP contribution in [0.4, 0.5) is 0 Å². The highest BCUT2D eigenvalue weighted by molar-refractivity contribution is 7.80. The third-order valence-electron chi connectivity index (χ3n) is 0.974. The second-order valence-corrected chi connectivity index (χ2v) is 4.41. The first-order valence-electron chi connectivity index (χ1n) is 4.05. The smallest absolute Gasteiger partial charge is 0.217 e. The number of quaternary nitrogens is 1. The molecular weight excluding hydrogens is 194 g/mol. The molecule has 5 nitrogen and oxygen atoms in total. The van der Waals surface area contributed by atoms with E-state index in [0.29, 0.717) is 0 Å². The number of hydrogen-bond acceptors (Lipinski definition) is 4. The average Bonchev–Trinajstić information content (AvgIpc) is 1.84. The fraction of sp³-hybridized carbons (Fsp3) is 1.00. The normalized spacial score (nSPS) is 11.4. The molecule has 0 spiro atoms. The van der Waals surface area contributed by atoms with Crippen LogP contribution in [-0.4, -0.2) is 32.2 Å². The van der Waals surface area contributed by atoms with Crippen LogP contribution < -0.4 is 5.32 Å². The van der Waals surface area contributed by atoms with E-state index in [4.69, 9.17) is 0 Å². The van der Waals surface area contributed by atoms with Crippen molar-refractivity contribution in [1.82, 2.24) is 0 Å². The minimum Gasteiger partial charge on any atom is -0.726 e. The van der Waals surface area contributed by atoms with E-state index in [1.54, 1.807) is 0 Å². The Morgan fingerprint density at radius 1 is 1.15 bits per heavy atom. The van der Waals surface area contributed by atoms with E-state index in [1.165, 1.54) is 0 Å². The molecule has 82 valence electrons. The lowest BCUT2D eigenvalue weighted by Crippen LogP contribution is -2.92. The molecule has 0 aliphatic rings. The first-order valence-corrected chi connectivity index (χ1v) is 5.38. The Labute approximate surface area is 80.4 Å². The topological polar surface area (TPSA) is 83.0 Å². The summed E-state index contributed by atoms with van der Waals surface area (Å²) in [6.07, 6.45) is 0. The third kappa shape index (κ3) is 24.5. The molecule has 0 saturated carbocycles. The van der Waals surface area contributed by atoms with Crippen LogP contribution in [0, 0.1) is 0 Å². The van der Waals surface area contributed by atoms with Crippen molar-refractivity contribution in [3.8, 4) is 0 Å². The summed E-state index contributed by atoms with van der Waals surface area (Å²) in [5.74, 6) is 0. The Bertz CT molecular complexity index is 193. The van der Waals surface area contributed by atoms with Gasteiger partial charge in [0.1, 0.15) is 0 Å². The molecule has 0 atom stereocenters. The van der Waals surface area contributed by atoms with Crippen LogP contribution in [0.1, 0.15) is 27.7 Å². The first-order chi connectivity index (χ1) is 5.69. The highest BCUT2D eigenvalue weighted by atomic mass is 32.3. The second-order valence-electron chi connectivity index (χ2n) is 3.26. The number of hydrogen-bond donors (Lipinski definition) is 1. The van der Waals surface area contributed by atoms with E-state index in [2.05, 4.69) is 37.2 Å². The predicted octanol–water partition coefficient (Wildman–Crippen LogP) is -0.540. The van der Waals surface area contributed by atoms with E-state index in [-0.39, 0.29) is 0 Å². The van der Waals surface area contributed by atoms with Gasteiger partial charge in [0.05, 0.1) is 19.2 Å². The van der Waals surface area contributed by atoms with Gasteiger partial charge < -0.3 is 9.87 Å². The minimum atomic E-state index is -4.41. The zero-order chi connectivity index (χ0) is 11.1. The fourth-order valence-electron chi connectivity index (χ4n) is 0.770. The summed E-state index contributed by atoms with van der Waals surface area (Å²) in [6, 6.07) is 1.50. The lowest BCUT2D eigenvalue weighted by molar-refractivity contribution is -0.709. The van der Waals surface area contributed by atoms with Gasteiger partial charge in [0.15, 0.2) is 0 Å². The van der Waals surface area contributed by atoms with Crippen molar-refractivity contribution in [2.45, 2.75) is 39.8 Å². The molecule has 0 unspecified atom stereocenters. The van der Waals surface area contributed by atoms with Crippen molar-refractivity contribution >= 4 is 10.4 Å². The molecule has 0 aromatic heterocycles. The zero-order valence-corrected chi connectivity index (χ0v) is 9.59. The molecular formula is C7H19NO4S. The maximum atomic E-state index is 9.22. The van der Waals surface area contributed by atoms with E-state index in [9.17, 15) is 13.0 Å². The largest absolute Gasteiger partial charge is 0.726 e. The monoisotopic (exact) mass is 213 g/mol. The molecule has 0 aliphatic carbocycles. The van der Waals surface area contributed by atoms with E-state index < -0.39 is 10.4 Å². The molecule has 13 heavy (non-hydrogen) atoms. The van der Waals surface area contributed by atoms with Crippen LogP contribution in [0.3, 0.4) is 0 Å². The molecule has 6 heteroatoms. The zero-order valence-electron chi connectivity index (χ0n) is 8.77. The molecule has 0 saturated heterocycles. The maximum Gasteiger partial charge on any atom is 0.217 e. The Hall–Kier alpha value is -0.170. The van der Waals surface area contributed by atoms with Gasteiger partial charge in [-0.05, 0) is 27.7 Å². The first kappa shape index (κ1) is 15.3. The van der Waals surface area contributed by atoms with Gasteiger partial charge in [-0.3, -0.25) is 4.18 Å².